The smallest absolute Gasteiger partial charge is 0 e. The van der Waals surface area contributed by atoms with Crippen LogP contribution in [0.2, 0.25) is 0 Å². The molecule has 0 spiro atoms. The van der Waals surface area contributed by atoms with Crippen molar-refractivity contribution in [3.63, 3.8) is 0 Å². The molecule has 3 heteroatoms. The van der Waals surface area contributed by atoms with Gasteiger partial charge >= 0.3 is 0 Å². The molecule has 0 aliphatic heterocycles. The molecule has 0 atom stereocenters. The Morgan fingerprint density at radius 1 is 0.200 bits per heavy atom. The molecule has 0 bridgehead atoms. The topological polar surface area (TPSA) is 0 Å². The van der Waals surface area contributed by atoms with Gasteiger partial charge < -0.3 is 0 Å². The van der Waals surface area contributed by atoms with Crippen LogP contribution in [0, 0.1) is 0 Å². The zero-order chi connectivity index (χ0) is 0. The summed E-state index contributed by atoms with van der Waals surface area (Å²) in [4.78, 5) is 0. The molecule has 0 fully saturated rings. The largest absolute Gasteiger partial charge is 0.0776 e. The maximum atomic E-state index is 0. The molecule has 0 aliphatic rings. The molecule has 0 aromatic rings. The van der Waals surface area contributed by atoms with Crippen molar-refractivity contribution >= 4 is 0 Å². The Balaban J connectivity index is 0. The Morgan fingerprint density at radius 3 is 0.200 bits per heavy atom. The van der Waals surface area contributed by atoms with Crippen LogP contribution in [0.3, 0.4) is 0 Å². The van der Waals surface area contributed by atoms with Crippen molar-refractivity contribution in [2.75, 3.05) is 0 Å². The van der Waals surface area contributed by atoms with Crippen molar-refractivity contribution in [3.05, 3.63) is 0 Å². The first-order chi connectivity index (χ1) is 0. The van der Waals surface area contributed by atoms with Crippen LogP contribution in [-0.2, 0) is 52.1 Å². The molecule has 0 unspecified atom stereocenters. The minimum atomic E-state index is 0. The molecule has 0 rings (SSSR count). The van der Waals surface area contributed by atoms with E-state index in [2.05, 4.69) is 0 Å². The van der Waals surface area contributed by atoms with Crippen molar-refractivity contribution in [1.82, 2.24) is 0 Å². The molecular weight excluding hydrogens is 240 g/mol. The van der Waals surface area contributed by atoms with Gasteiger partial charge in [0.1, 0.15) is 0 Å². The van der Waals surface area contributed by atoms with Crippen molar-refractivity contribution in [1.29, 1.82) is 0 Å². The van der Waals surface area contributed by atoms with Crippen LogP contribution in [0.15, 0.2) is 0 Å². The summed E-state index contributed by atoms with van der Waals surface area (Å²) in [6.07, 6.45) is 0. The second-order valence-electron chi connectivity index (χ2n) is 0. The Kier molecular flexibility index (Phi) is 19500. The predicted molar refractivity (Wildman–Crippen MR) is 47.1 cm³/mol. The fraction of sp³-hybridized carbons (Fsp3) is 1.00. The number of hydrogen-bond donors (Lipinski definition) is 0. The van der Waals surface area contributed by atoms with E-state index in [1.54, 1.807) is 0 Å². The zero-order valence-corrected chi connectivity index (χ0v) is 5.05. The standard InChI is InChI=1S/7CH4.3Cr/h7*1H4;;;. The molecule has 0 saturated carbocycles. The third-order valence-corrected chi connectivity index (χ3v) is 0. The maximum Gasteiger partial charge on any atom is 0 e. The summed E-state index contributed by atoms with van der Waals surface area (Å²) in [5, 5.41) is 0. The van der Waals surface area contributed by atoms with Crippen LogP contribution >= 0.6 is 0 Å². The van der Waals surface area contributed by atoms with Gasteiger partial charge in [-0.2, -0.15) is 0 Å². The first-order valence-corrected chi connectivity index (χ1v) is 0. The monoisotopic (exact) mass is 268 g/mol. The van der Waals surface area contributed by atoms with Gasteiger partial charge in [-0.05, 0) is 0 Å². The fourth-order valence-corrected chi connectivity index (χ4v) is 0. The predicted octanol–water partition coefficient (Wildman–Crippen LogP) is 4.45. The normalized spacial score (nSPS) is 0. The van der Waals surface area contributed by atoms with Gasteiger partial charge in [0, 0.05) is 52.1 Å². The minimum absolute atomic E-state index is 0. The van der Waals surface area contributed by atoms with Crippen molar-refractivity contribution in [2.24, 2.45) is 0 Å². The first-order valence-electron chi connectivity index (χ1n) is 0. The van der Waals surface area contributed by atoms with E-state index in [1.807, 2.05) is 0 Å². The molecule has 0 radical (unpaired) electrons. The third-order valence-electron chi connectivity index (χ3n) is 0. The van der Waals surface area contributed by atoms with E-state index in [-0.39, 0.29) is 104 Å². The summed E-state index contributed by atoms with van der Waals surface area (Å²) in [6, 6.07) is 0. The van der Waals surface area contributed by atoms with Crippen LogP contribution in [0.1, 0.15) is 52.0 Å². The summed E-state index contributed by atoms with van der Waals surface area (Å²) in [6.45, 7) is 0. The molecule has 0 amide bonds. The molecular formula is C7H28Cr3. The third kappa shape index (κ3) is 278. The van der Waals surface area contributed by atoms with Crippen LogP contribution in [-0.4, -0.2) is 0 Å². The molecule has 0 heterocycles. The fourth-order valence-electron chi connectivity index (χ4n) is 0. The first kappa shape index (κ1) is 510. The Morgan fingerprint density at radius 2 is 0.200 bits per heavy atom. The van der Waals surface area contributed by atoms with Gasteiger partial charge in [-0.1, -0.05) is 52.0 Å². The van der Waals surface area contributed by atoms with Gasteiger partial charge in [0.15, 0.2) is 0 Å². The second kappa shape index (κ2) is 383. The van der Waals surface area contributed by atoms with Gasteiger partial charge in [0.25, 0.3) is 0 Å². The van der Waals surface area contributed by atoms with E-state index in [0.29, 0.717) is 0 Å². The Labute approximate surface area is 104 Å². The van der Waals surface area contributed by atoms with Crippen molar-refractivity contribution < 1.29 is 52.1 Å². The summed E-state index contributed by atoms with van der Waals surface area (Å²) in [7, 11) is 0. The molecule has 0 aliphatic carbocycles. The summed E-state index contributed by atoms with van der Waals surface area (Å²) in [5.41, 5.74) is 0. The molecule has 10 heavy (non-hydrogen) atoms. The summed E-state index contributed by atoms with van der Waals surface area (Å²) in [5.74, 6) is 0. The van der Waals surface area contributed by atoms with E-state index in [0.717, 1.165) is 0 Å². The van der Waals surface area contributed by atoms with Crippen molar-refractivity contribution in [3.8, 4) is 0 Å². The number of rotatable bonds is 0. The van der Waals surface area contributed by atoms with Gasteiger partial charge in [-0.15, -0.1) is 0 Å². The molecule has 0 nitrogen and oxygen atoms in total. The minimum Gasteiger partial charge on any atom is -0.0776 e. The van der Waals surface area contributed by atoms with E-state index < -0.39 is 0 Å². The average Bonchev–Trinajstić information content (AvgIpc) is 0. The van der Waals surface area contributed by atoms with E-state index in [9.17, 15) is 0 Å². The van der Waals surface area contributed by atoms with E-state index in [1.165, 1.54) is 0 Å². The van der Waals surface area contributed by atoms with Gasteiger partial charge in [-0.3, -0.25) is 0 Å². The second-order valence-corrected chi connectivity index (χ2v) is 0. The molecule has 0 aromatic carbocycles. The number of hydrogen-bond acceptors (Lipinski definition) is 0. The molecule has 74 valence electrons. The van der Waals surface area contributed by atoms with Gasteiger partial charge in [0.2, 0.25) is 0 Å². The van der Waals surface area contributed by atoms with Crippen LogP contribution in [0.4, 0.5) is 0 Å². The van der Waals surface area contributed by atoms with Crippen LogP contribution in [0.5, 0.6) is 0 Å². The Bertz CT molecular complexity index is 8.81. The van der Waals surface area contributed by atoms with Crippen LogP contribution < -0.4 is 0 Å². The zero-order valence-electron chi connectivity index (χ0n) is 1.22. The van der Waals surface area contributed by atoms with E-state index in [4.69, 9.17) is 0 Å². The quantitative estimate of drug-likeness (QED) is 0.609. The van der Waals surface area contributed by atoms with Crippen LogP contribution in [0.25, 0.3) is 0 Å². The summed E-state index contributed by atoms with van der Waals surface area (Å²) >= 11 is 0. The molecule has 0 saturated heterocycles. The molecule has 0 aromatic heterocycles. The van der Waals surface area contributed by atoms with E-state index >= 15 is 0 Å². The SMILES string of the molecule is C.C.C.C.C.C.C.[Cr].[Cr].[Cr]. The maximum absolute atomic E-state index is 0. The Hall–Kier alpha value is 1.60. The average molecular weight is 268 g/mol. The van der Waals surface area contributed by atoms with Gasteiger partial charge in [0.05, 0.1) is 0 Å². The van der Waals surface area contributed by atoms with Gasteiger partial charge in [-0.25, -0.2) is 0 Å². The summed E-state index contributed by atoms with van der Waals surface area (Å²) < 4.78 is 0. The van der Waals surface area contributed by atoms with Crippen molar-refractivity contribution in [2.45, 2.75) is 52.0 Å². The molecule has 0 N–H and O–H groups in total.